The van der Waals surface area contributed by atoms with E-state index in [0.29, 0.717) is 5.56 Å². The lowest BCUT2D eigenvalue weighted by Crippen LogP contribution is -2.46. The number of fused-ring (bicyclic) bond motifs is 1. The maximum atomic E-state index is 14.6. The number of amides is 2. The van der Waals surface area contributed by atoms with E-state index in [9.17, 15) is 23.2 Å². The number of rotatable bonds is 10. The lowest BCUT2D eigenvalue weighted by molar-refractivity contribution is -0.162. The zero-order chi connectivity index (χ0) is 27.9. The van der Waals surface area contributed by atoms with Crippen LogP contribution < -0.4 is 25.7 Å². The monoisotopic (exact) mass is 548 g/mol. The van der Waals surface area contributed by atoms with E-state index in [1.54, 1.807) is 0 Å². The summed E-state index contributed by atoms with van der Waals surface area (Å²) in [5, 5.41) is 13.4. The van der Waals surface area contributed by atoms with Gasteiger partial charge in [0, 0.05) is 13.0 Å². The molecule has 1 aliphatic rings. The largest absolute Gasteiger partial charge is 0.494 e. The normalized spacial score (nSPS) is 17.0. The maximum Gasteiger partial charge on any atom is 0.287 e. The Bertz CT molecular complexity index is 1410. The fourth-order valence-electron chi connectivity index (χ4n) is 3.85. The minimum Gasteiger partial charge on any atom is -0.494 e. The van der Waals surface area contributed by atoms with E-state index in [1.807, 2.05) is 0 Å². The molecule has 2 amide bonds. The van der Waals surface area contributed by atoms with Gasteiger partial charge in [-0.3, -0.25) is 14.4 Å². The topological polar surface area (TPSA) is 161 Å². The summed E-state index contributed by atoms with van der Waals surface area (Å²) in [7, 11) is 1.32. The molecular formula is C25H26F2N4O8. The Morgan fingerprint density at radius 2 is 1.95 bits per heavy atom. The van der Waals surface area contributed by atoms with Crippen molar-refractivity contribution in [3.05, 3.63) is 63.7 Å². The van der Waals surface area contributed by atoms with Gasteiger partial charge in [0.2, 0.25) is 0 Å². The molecule has 1 saturated heterocycles. The Balaban J connectivity index is 1.39. The number of aliphatic hydroxyl groups is 1. The number of ether oxygens (including phenoxy) is 4. The molecule has 1 aromatic heterocycles. The van der Waals surface area contributed by atoms with Crippen LogP contribution in [0.15, 0.2) is 35.1 Å². The maximum absolute atomic E-state index is 14.6. The minimum atomic E-state index is -0.848. The van der Waals surface area contributed by atoms with Crippen LogP contribution in [0.1, 0.15) is 22.6 Å². The molecule has 39 heavy (non-hydrogen) atoms. The number of hydrogen-bond acceptors (Lipinski definition) is 9. The first kappa shape index (κ1) is 27.9. The molecule has 1 aliphatic heterocycles. The lowest BCUT2D eigenvalue weighted by atomic mass is 10.2. The van der Waals surface area contributed by atoms with Gasteiger partial charge in [0.15, 0.2) is 35.1 Å². The van der Waals surface area contributed by atoms with Gasteiger partial charge < -0.3 is 39.7 Å². The smallest absolute Gasteiger partial charge is 0.287 e. The van der Waals surface area contributed by atoms with Crippen molar-refractivity contribution >= 4 is 22.7 Å². The van der Waals surface area contributed by atoms with Crippen LogP contribution in [-0.2, 0) is 20.8 Å². The number of aliphatic hydroxyl groups excluding tert-OH is 1. The summed E-state index contributed by atoms with van der Waals surface area (Å²) in [5.74, 6) is -3.15. The SMILES string of the molecule is COc1cc(CNC(=O)c2nc3ccc(F)c(OCCC4COC(C(=O)NCO)CO4)c3c(=O)[nH]2)ccc1F. The second-order valence-electron chi connectivity index (χ2n) is 8.45. The highest BCUT2D eigenvalue weighted by molar-refractivity contribution is 5.93. The Labute approximate surface area is 220 Å². The van der Waals surface area contributed by atoms with Gasteiger partial charge in [-0.1, -0.05) is 6.07 Å². The molecule has 2 atom stereocenters. The molecule has 2 aromatic carbocycles. The van der Waals surface area contributed by atoms with Gasteiger partial charge >= 0.3 is 0 Å². The summed E-state index contributed by atoms with van der Waals surface area (Å²) in [6.07, 6.45) is -1.02. The predicted molar refractivity (Wildman–Crippen MR) is 131 cm³/mol. The number of methoxy groups -OCH3 is 1. The lowest BCUT2D eigenvalue weighted by Gasteiger charge is -2.28. The van der Waals surface area contributed by atoms with E-state index in [4.69, 9.17) is 24.1 Å². The molecule has 0 spiro atoms. The predicted octanol–water partition coefficient (Wildman–Crippen LogP) is 0.759. The number of carbonyl (C=O) groups is 2. The van der Waals surface area contributed by atoms with Crippen molar-refractivity contribution in [1.82, 2.24) is 20.6 Å². The van der Waals surface area contributed by atoms with Crippen molar-refractivity contribution in [3.63, 3.8) is 0 Å². The fraction of sp³-hybridized carbons (Fsp3) is 0.360. The molecule has 14 heteroatoms. The van der Waals surface area contributed by atoms with E-state index in [1.165, 1.54) is 31.4 Å². The molecular weight excluding hydrogens is 522 g/mol. The average Bonchev–Trinajstić information content (AvgIpc) is 2.94. The molecule has 2 heterocycles. The summed E-state index contributed by atoms with van der Waals surface area (Å²) in [6.45, 7) is -0.494. The van der Waals surface area contributed by atoms with Crippen LogP contribution in [0, 0.1) is 11.6 Å². The third-order valence-electron chi connectivity index (χ3n) is 5.86. The van der Waals surface area contributed by atoms with Crippen molar-refractivity contribution in [2.24, 2.45) is 0 Å². The third-order valence-corrected chi connectivity index (χ3v) is 5.86. The highest BCUT2D eigenvalue weighted by Gasteiger charge is 2.27. The fourth-order valence-corrected chi connectivity index (χ4v) is 3.85. The van der Waals surface area contributed by atoms with Gasteiger partial charge in [-0.05, 0) is 29.8 Å². The van der Waals surface area contributed by atoms with Crippen molar-refractivity contribution in [2.75, 3.05) is 33.7 Å². The van der Waals surface area contributed by atoms with E-state index >= 15 is 0 Å². The molecule has 12 nitrogen and oxygen atoms in total. The van der Waals surface area contributed by atoms with E-state index in [2.05, 4.69) is 20.6 Å². The Morgan fingerprint density at radius 1 is 1.15 bits per heavy atom. The first-order chi connectivity index (χ1) is 18.8. The molecule has 0 bridgehead atoms. The number of benzene rings is 2. The number of carbonyl (C=O) groups excluding carboxylic acids is 2. The summed E-state index contributed by atoms with van der Waals surface area (Å²) in [6, 6.07) is 6.42. The van der Waals surface area contributed by atoms with E-state index < -0.39 is 47.9 Å². The number of H-pyrrole nitrogens is 1. The summed E-state index contributed by atoms with van der Waals surface area (Å²) in [5.41, 5.74) is -0.185. The number of halogens is 2. The average molecular weight is 548 g/mol. The van der Waals surface area contributed by atoms with Gasteiger partial charge in [-0.25, -0.2) is 13.8 Å². The molecule has 4 rings (SSSR count). The highest BCUT2D eigenvalue weighted by Crippen LogP contribution is 2.26. The molecule has 0 radical (unpaired) electrons. The van der Waals surface area contributed by atoms with Crippen molar-refractivity contribution < 1.29 is 42.4 Å². The number of nitrogens with one attached hydrogen (secondary N) is 3. The van der Waals surface area contributed by atoms with Crippen LogP contribution in [-0.4, -0.2) is 72.8 Å². The standard InChI is InChI=1S/C25H26F2N4O8/c1-36-18-8-13(2-3-15(18)26)9-28-25(35)22-30-17-5-4-16(27)21(20(17)24(34)31-22)37-7-6-14-10-39-19(11-38-14)23(33)29-12-32/h2-5,8,14,19,32H,6-7,9-12H2,1H3,(H,28,35)(H,29,33)(H,30,31,34). The van der Waals surface area contributed by atoms with Crippen LogP contribution in [0.25, 0.3) is 10.9 Å². The van der Waals surface area contributed by atoms with Crippen LogP contribution in [0.4, 0.5) is 8.78 Å². The quantitative estimate of drug-likeness (QED) is 0.268. The number of aromatic nitrogens is 2. The van der Waals surface area contributed by atoms with Crippen LogP contribution in [0.3, 0.4) is 0 Å². The molecule has 2 unspecified atom stereocenters. The molecule has 3 aromatic rings. The van der Waals surface area contributed by atoms with Gasteiger partial charge in [0.1, 0.15) is 12.1 Å². The number of nitrogens with zero attached hydrogens (tertiary/aromatic N) is 1. The second kappa shape index (κ2) is 12.6. The zero-order valence-electron chi connectivity index (χ0n) is 20.8. The summed E-state index contributed by atoms with van der Waals surface area (Å²) in [4.78, 5) is 43.6. The van der Waals surface area contributed by atoms with E-state index in [-0.39, 0.29) is 61.0 Å². The first-order valence-corrected chi connectivity index (χ1v) is 11.9. The first-order valence-electron chi connectivity index (χ1n) is 11.9. The van der Waals surface area contributed by atoms with Gasteiger partial charge in [-0.2, -0.15) is 0 Å². The summed E-state index contributed by atoms with van der Waals surface area (Å²) < 4.78 is 49.6. The minimum absolute atomic E-state index is 0.00874. The Morgan fingerprint density at radius 3 is 2.67 bits per heavy atom. The Kier molecular flexibility index (Phi) is 9.01. The van der Waals surface area contributed by atoms with Crippen LogP contribution in [0.2, 0.25) is 0 Å². The molecule has 4 N–H and O–H groups in total. The van der Waals surface area contributed by atoms with E-state index in [0.717, 1.165) is 6.07 Å². The van der Waals surface area contributed by atoms with Crippen LogP contribution >= 0.6 is 0 Å². The molecule has 1 fully saturated rings. The number of aromatic amines is 1. The third kappa shape index (κ3) is 6.66. The van der Waals surface area contributed by atoms with Gasteiger partial charge in [0.25, 0.3) is 17.4 Å². The zero-order valence-corrected chi connectivity index (χ0v) is 20.8. The number of hydrogen-bond donors (Lipinski definition) is 4. The second-order valence-corrected chi connectivity index (χ2v) is 8.45. The van der Waals surface area contributed by atoms with Gasteiger partial charge in [0.05, 0.1) is 38.6 Å². The van der Waals surface area contributed by atoms with Crippen molar-refractivity contribution in [1.29, 1.82) is 0 Å². The Hall–Kier alpha value is -4.14. The highest BCUT2D eigenvalue weighted by atomic mass is 19.1. The molecule has 208 valence electrons. The van der Waals surface area contributed by atoms with Crippen LogP contribution in [0.5, 0.6) is 11.5 Å². The van der Waals surface area contributed by atoms with Crippen molar-refractivity contribution in [3.8, 4) is 11.5 Å². The van der Waals surface area contributed by atoms with Crippen molar-refractivity contribution in [2.45, 2.75) is 25.2 Å². The molecule has 0 saturated carbocycles. The van der Waals surface area contributed by atoms with Gasteiger partial charge in [-0.15, -0.1) is 0 Å². The molecule has 0 aliphatic carbocycles. The summed E-state index contributed by atoms with van der Waals surface area (Å²) >= 11 is 0.